The van der Waals surface area contributed by atoms with Crippen molar-refractivity contribution in [2.45, 2.75) is 69.7 Å². The van der Waals surface area contributed by atoms with Crippen LogP contribution in [0, 0.1) is 25.7 Å². The van der Waals surface area contributed by atoms with E-state index in [0.717, 1.165) is 22.4 Å². The summed E-state index contributed by atoms with van der Waals surface area (Å²) in [7, 11) is 1.71. The number of hydrogen-bond acceptors (Lipinski definition) is 5. The van der Waals surface area contributed by atoms with Crippen molar-refractivity contribution in [2.24, 2.45) is 11.8 Å². The third kappa shape index (κ3) is 4.88. The Morgan fingerprint density at radius 2 is 1.70 bits per heavy atom. The topological polar surface area (TPSA) is 90.4 Å². The molecule has 0 saturated carbocycles. The summed E-state index contributed by atoms with van der Waals surface area (Å²) in [5.74, 6) is -2.37. The van der Waals surface area contributed by atoms with Crippen LogP contribution in [-0.2, 0) is 25.5 Å². The molecule has 3 aliphatic rings. The zero-order chi connectivity index (χ0) is 31.8. The number of likely N-dealkylation sites (tertiary alicyclic amines) is 1. The van der Waals surface area contributed by atoms with Crippen molar-refractivity contribution >= 4 is 23.4 Å². The average molecular weight is 600 g/mol. The molecule has 1 N–H and O–H groups in total. The minimum Gasteiger partial charge on any atom is -0.394 e. The Labute approximate surface area is 261 Å². The molecule has 3 aliphatic heterocycles. The van der Waals surface area contributed by atoms with E-state index in [-0.39, 0.29) is 30.9 Å². The number of amides is 3. The molecule has 2 aromatic rings. The predicted molar refractivity (Wildman–Crippen MR) is 171 cm³/mol. The molecule has 1 spiro atoms. The van der Waals surface area contributed by atoms with Crippen LogP contribution in [0.25, 0.3) is 0 Å². The summed E-state index contributed by atoms with van der Waals surface area (Å²) in [4.78, 5) is 48.9. The molecule has 0 radical (unpaired) electrons. The van der Waals surface area contributed by atoms with E-state index in [2.05, 4.69) is 13.2 Å². The highest BCUT2D eigenvalue weighted by Gasteiger charge is 2.79. The summed E-state index contributed by atoms with van der Waals surface area (Å²) in [5.41, 5.74) is 1.49. The molecule has 2 bridgehead atoms. The van der Waals surface area contributed by atoms with Crippen molar-refractivity contribution in [3.05, 3.63) is 90.5 Å². The Kier molecular flexibility index (Phi) is 8.87. The molecule has 0 aliphatic carbocycles. The smallest absolute Gasteiger partial charge is 0.253 e. The first-order chi connectivity index (χ1) is 21.1. The van der Waals surface area contributed by atoms with E-state index in [9.17, 15) is 14.7 Å². The van der Waals surface area contributed by atoms with E-state index in [1.165, 1.54) is 0 Å². The number of likely N-dealkylation sites (N-methyl/N-ethyl adjacent to an activating group) is 1. The Morgan fingerprint density at radius 1 is 1.05 bits per heavy atom. The van der Waals surface area contributed by atoms with Crippen LogP contribution >= 0.6 is 0 Å². The maximum atomic E-state index is 15.1. The number of benzene rings is 2. The Morgan fingerprint density at radius 3 is 2.30 bits per heavy atom. The van der Waals surface area contributed by atoms with Crippen molar-refractivity contribution in [3.63, 3.8) is 0 Å². The van der Waals surface area contributed by atoms with Gasteiger partial charge in [0.1, 0.15) is 11.6 Å². The molecule has 3 heterocycles. The van der Waals surface area contributed by atoms with Crippen molar-refractivity contribution in [1.82, 2.24) is 9.80 Å². The van der Waals surface area contributed by atoms with E-state index in [4.69, 9.17) is 4.74 Å². The third-order valence-electron chi connectivity index (χ3n) is 10.1. The second-order valence-electron chi connectivity index (χ2n) is 12.6. The van der Waals surface area contributed by atoms with Crippen molar-refractivity contribution in [1.29, 1.82) is 0 Å². The van der Waals surface area contributed by atoms with Gasteiger partial charge in [-0.15, -0.1) is 13.2 Å². The molecule has 5 rings (SSSR count). The molecule has 8 heteroatoms. The van der Waals surface area contributed by atoms with Gasteiger partial charge in [0, 0.05) is 25.8 Å². The highest BCUT2D eigenvalue weighted by atomic mass is 16.5. The fraction of sp³-hybridized carbons (Fsp3) is 0.472. The SMILES string of the molecule is C=CCN(C)C(=O)[C@H]1[C@H]2C(=O)N([C@@H](CO)Cc3ccccc3)C(C(=O)N(CC=C)c3c(C)cccc3C)C23CC[C@]1(CC)O3. The van der Waals surface area contributed by atoms with Gasteiger partial charge in [-0.3, -0.25) is 14.4 Å². The van der Waals surface area contributed by atoms with Gasteiger partial charge in [-0.25, -0.2) is 0 Å². The molecule has 44 heavy (non-hydrogen) atoms. The van der Waals surface area contributed by atoms with Gasteiger partial charge in [0.05, 0.1) is 30.1 Å². The number of aliphatic hydroxyl groups is 1. The quantitative estimate of drug-likeness (QED) is 0.369. The van der Waals surface area contributed by atoms with Gasteiger partial charge in [0.2, 0.25) is 11.8 Å². The van der Waals surface area contributed by atoms with E-state index < -0.39 is 35.1 Å². The lowest BCUT2D eigenvalue weighted by atomic mass is 9.64. The normalized spacial score (nSPS) is 27.6. The zero-order valence-corrected chi connectivity index (χ0v) is 26.4. The Bertz CT molecular complexity index is 1420. The summed E-state index contributed by atoms with van der Waals surface area (Å²) >= 11 is 0. The first kappa shape index (κ1) is 31.7. The largest absolute Gasteiger partial charge is 0.394 e. The third-order valence-corrected chi connectivity index (χ3v) is 10.1. The van der Waals surface area contributed by atoms with Gasteiger partial charge in [-0.2, -0.15) is 0 Å². The van der Waals surface area contributed by atoms with Crippen LogP contribution in [-0.4, -0.2) is 82.7 Å². The summed E-state index contributed by atoms with van der Waals surface area (Å²) < 4.78 is 7.00. The van der Waals surface area contributed by atoms with Crippen LogP contribution in [0.1, 0.15) is 42.9 Å². The molecule has 2 aromatic carbocycles. The molecular weight excluding hydrogens is 554 g/mol. The molecule has 234 valence electrons. The maximum absolute atomic E-state index is 15.1. The van der Waals surface area contributed by atoms with Crippen molar-refractivity contribution in [3.8, 4) is 0 Å². The number of fused-ring (bicyclic) bond motifs is 1. The number of para-hydroxylation sites is 1. The zero-order valence-electron chi connectivity index (χ0n) is 26.4. The standard InChI is InChI=1S/C36H45N3O5/c1-7-20-37(6)32(41)28-29-33(42)39(27(23-40)22-26-16-11-10-12-17-26)31(36(29)19-18-35(28,9-3)44-36)34(43)38(21-8-2)30-24(4)14-13-15-25(30)5/h7-8,10-17,27-29,31,40H,1-2,9,18-23H2,3-6H3/t27-,28-,29+,31?,35+,36?/m1/s1. The number of nitrogens with zero attached hydrogens (tertiary/aromatic N) is 3. The summed E-state index contributed by atoms with van der Waals surface area (Å²) in [5, 5.41) is 10.8. The molecule has 3 amide bonds. The van der Waals surface area contributed by atoms with Gasteiger partial charge in [0.15, 0.2) is 0 Å². The molecule has 6 atom stereocenters. The number of aliphatic hydroxyl groups excluding tert-OH is 1. The number of rotatable bonds is 12. The van der Waals surface area contributed by atoms with E-state index in [1.807, 2.05) is 69.3 Å². The number of carbonyl (C=O) groups excluding carboxylic acids is 3. The van der Waals surface area contributed by atoms with Gasteiger partial charge in [-0.1, -0.05) is 67.6 Å². The van der Waals surface area contributed by atoms with Crippen molar-refractivity contribution < 1.29 is 24.2 Å². The lowest BCUT2D eigenvalue weighted by molar-refractivity contribution is -0.153. The van der Waals surface area contributed by atoms with Gasteiger partial charge >= 0.3 is 0 Å². The first-order valence-electron chi connectivity index (χ1n) is 15.6. The molecule has 0 aromatic heterocycles. The second-order valence-corrected chi connectivity index (χ2v) is 12.6. The second kappa shape index (κ2) is 12.3. The lowest BCUT2D eigenvalue weighted by Crippen LogP contribution is -2.59. The van der Waals surface area contributed by atoms with Crippen LogP contribution in [0.15, 0.2) is 73.8 Å². The Balaban J connectivity index is 1.68. The minimum atomic E-state index is -1.21. The summed E-state index contributed by atoms with van der Waals surface area (Å²) in [6.45, 7) is 13.9. The van der Waals surface area contributed by atoms with Gasteiger partial charge in [-0.05, 0) is 56.2 Å². The monoisotopic (exact) mass is 599 g/mol. The predicted octanol–water partition coefficient (Wildman–Crippen LogP) is 4.23. The molecule has 8 nitrogen and oxygen atoms in total. The molecule has 2 unspecified atom stereocenters. The molecule has 3 saturated heterocycles. The number of hydrogen-bond donors (Lipinski definition) is 1. The Hall–Kier alpha value is -3.75. The fourth-order valence-corrected chi connectivity index (χ4v) is 8.16. The fourth-order valence-electron chi connectivity index (χ4n) is 8.16. The highest BCUT2D eigenvalue weighted by molar-refractivity contribution is 6.06. The summed E-state index contributed by atoms with van der Waals surface area (Å²) in [6.07, 6.45) is 5.28. The maximum Gasteiger partial charge on any atom is 0.253 e. The molecule has 3 fully saturated rings. The van der Waals surface area contributed by atoms with E-state index >= 15 is 4.79 Å². The molecular formula is C36H45N3O5. The first-order valence-corrected chi connectivity index (χ1v) is 15.6. The lowest BCUT2D eigenvalue weighted by Gasteiger charge is -2.40. The number of ether oxygens (including phenoxy) is 1. The van der Waals surface area contributed by atoms with Gasteiger partial charge in [0.25, 0.3) is 5.91 Å². The highest BCUT2D eigenvalue weighted by Crippen LogP contribution is 2.65. The summed E-state index contributed by atoms with van der Waals surface area (Å²) in [6, 6.07) is 13.8. The number of carbonyl (C=O) groups is 3. The average Bonchev–Trinajstić information content (AvgIpc) is 3.63. The minimum absolute atomic E-state index is 0.180. The number of anilines is 1. The van der Waals surface area contributed by atoms with Crippen LogP contribution in [0.3, 0.4) is 0 Å². The van der Waals surface area contributed by atoms with Crippen LogP contribution < -0.4 is 4.90 Å². The number of aryl methyl sites for hydroxylation is 2. The van der Waals surface area contributed by atoms with Gasteiger partial charge < -0.3 is 24.5 Å². The van der Waals surface area contributed by atoms with Crippen LogP contribution in [0.2, 0.25) is 0 Å². The van der Waals surface area contributed by atoms with Crippen LogP contribution in [0.5, 0.6) is 0 Å². The van der Waals surface area contributed by atoms with E-state index in [0.29, 0.717) is 32.2 Å². The van der Waals surface area contributed by atoms with E-state index in [1.54, 1.807) is 33.9 Å². The van der Waals surface area contributed by atoms with Crippen molar-refractivity contribution in [2.75, 3.05) is 31.6 Å². The van der Waals surface area contributed by atoms with Crippen LogP contribution in [0.4, 0.5) is 5.69 Å².